The number of rotatable bonds is 6. The van der Waals surface area contributed by atoms with Crippen LogP contribution in [0.3, 0.4) is 0 Å². The molecule has 0 spiro atoms. The van der Waals surface area contributed by atoms with Gasteiger partial charge in [-0.3, -0.25) is 4.21 Å². The molecule has 0 saturated carbocycles. The highest BCUT2D eigenvalue weighted by atomic mass is 32.2. The van der Waals surface area contributed by atoms with Crippen LogP contribution in [0.1, 0.15) is 11.3 Å². The summed E-state index contributed by atoms with van der Waals surface area (Å²) in [5.74, 6) is 2.20. The fourth-order valence-corrected chi connectivity index (χ4v) is 3.39. The second-order valence-corrected chi connectivity index (χ2v) is 6.58. The lowest BCUT2D eigenvalue weighted by atomic mass is 10.1. The van der Waals surface area contributed by atoms with Gasteiger partial charge in [-0.05, 0) is 17.7 Å². The summed E-state index contributed by atoms with van der Waals surface area (Å²) in [7, 11) is 0.556. The monoisotopic (exact) mass is 327 g/mol. The van der Waals surface area contributed by atoms with Gasteiger partial charge in [0.15, 0.2) is 0 Å². The van der Waals surface area contributed by atoms with E-state index in [0.717, 1.165) is 22.6 Å². The minimum Gasteiger partial charge on any atom is -0.497 e. The quantitative estimate of drug-likeness (QED) is 0.691. The summed E-state index contributed by atoms with van der Waals surface area (Å²) in [5.41, 5.74) is 2.73. The lowest BCUT2D eigenvalue weighted by molar-refractivity contribution is 0.396. The van der Waals surface area contributed by atoms with E-state index in [1.165, 1.54) is 0 Å². The van der Waals surface area contributed by atoms with Crippen molar-refractivity contribution >= 4 is 10.8 Å². The molecule has 3 aromatic rings. The zero-order chi connectivity index (χ0) is 16.1. The summed E-state index contributed by atoms with van der Waals surface area (Å²) in [6, 6.07) is 19.2. The molecule has 23 heavy (non-hydrogen) atoms. The SMILES string of the molecule is COc1cccc(C[S@@](=O)Cc2cc(-c3ccccc3)no2)c1. The van der Waals surface area contributed by atoms with Crippen molar-refractivity contribution in [2.24, 2.45) is 0 Å². The van der Waals surface area contributed by atoms with Crippen LogP contribution >= 0.6 is 0 Å². The first-order valence-corrected chi connectivity index (χ1v) is 8.72. The highest BCUT2D eigenvalue weighted by Crippen LogP contribution is 2.20. The number of nitrogens with zero attached hydrogens (tertiary/aromatic N) is 1. The number of methoxy groups -OCH3 is 1. The first-order chi connectivity index (χ1) is 11.2. The molecule has 0 aliphatic carbocycles. The molecule has 1 heterocycles. The number of hydrogen-bond acceptors (Lipinski definition) is 4. The van der Waals surface area contributed by atoms with E-state index in [1.807, 2.05) is 60.7 Å². The van der Waals surface area contributed by atoms with Gasteiger partial charge in [-0.1, -0.05) is 47.6 Å². The third-order valence-corrected chi connectivity index (χ3v) is 4.66. The van der Waals surface area contributed by atoms with Crippen molar-refractivity contribution in [2.45, 2.75) is 11.5 Å². The number of hydrogen-bond donors (Lipinski definition) is 0. The fourth-order valence-electron chi connectivity index (χ4n) is 2.28. The molecule has 2 aromatic carbocycles. The molecule has 0 radical (unpaired) electrons. The molecule has 1 atom stereocenters. The summed E-state index contributed by atoms with van der Waals surface area (Å²) in [4.78, 5) is 0. The molecule has 4 nitrogen and oxygen atoms in total. The molecule has 0 unspecified atom stereocenters. The zero-order valence-corrected chi connectivity index (χ0v) is 13.6. The molecule has 0 saturated heterocycles. The van der Waals surface area contributed by atoms with E-state index in [1.54, 1.807) is 7.11 Å². The largest absolute Gasteiger partial charge is 0.497 e. The molecule has 118 valence electrons. The Morgan fingerprint density at radius 1 is 1.04 bits per heavy atom. The van der Waals surface area contributed by atoms with Gasteiger partial charge in [0.05, 0.1) is 12.9 Å². The van der Waals surface area contributed by atoms with Gasteiger partial charge < -0.3 is 9.26 Å². The minimum absolute atomic E-state index is 0.344. The minimum atomic E-state index is -1.06. The maximum atomic E-state index is 12.3. The highest BCUT2D eigenvalue weighted by molar-refractivity contribution is 7.83. The summed E-state index contributed by atoms with van der Waals surface area (Å²) in [6.07, 6.45) is 0. The summed E-state index contributed by atoms with van der Waals surface area (Å²) in [5, 5.41) is 4.04. The van der Waals surface area contributed by atoms with Crippen LogP contribution in [-0.2, 0) is 22.3 Å². The first-order valence-electron chi connectivity index (χ1n) is 7.23. The Morgan fingerprint density at radius 2 is 1.87 bits per heavy atom. The van der Waals surface area contributed by atoms with Crippen molar-refractivity contribution in [1.82, 2.24) is 5.16 Å². The second kappa shape index (κ2) is 7.24. The molecular weight excluding hydrogens is 310 g/mol. The Kier molecular flexibility index (Phi) is 4.88. The van der Waals surface area contributed by atoms with Crippen LogP contribution in [0.5, 0.6) is 5.75 Å². The molecule has 5 heteroatoms. The Bertz CT molecular complexity index is 799. The Morgan fingerprint density at radius 3 is 2.65 bits per heavy atom. The molecule has 3 rings (SSSR count). The summed E-state index contributed by atoms with van der Waals surface area (Å²) in [6.45, 7) is 0. The van der Waals surface area contributed by atoms with E-state index in [0.29, 0.717) is 17.3 Å². The molecule has 0 aliphatic rings. The van der Waals surface area contributed by atoms with E-state index in [9.17, 15) is 4.21 Å². The lowest BCUT2D eigenvalue weighted by Gasteiger charge is -2.03. The summed E-state index contributed by atoms with van der Waals surface area (Å²) >= 11 is 0. The first kappa shape index (κ1) is 15.5. The Hall–Kier alpha value is -2.40. The van der Waals surface area contributed by atoms with Crippen LogP contribution in [0, 0.1) is 0 Å². The maximum absolute atomic E-state index is 12.3. The van der Waals surface area contributed by atoms with Crippen LogP contribution in [0.4, 0.5) is 0 Å². The van der Waals surface area contributed by atoms with E-state index in [2.05, 4.69) is 5.16 Å². The predicted molar refractivity (Wildman–Crippen MR) is 90.5 cm³/mol. The van der Waals surface area contributed by atoms with E-state index in [4.69, 9.17) is 9.26 Å². The van der Waals surface area contributed by atoms with Crippen molar-refractivity contribution < 1.29 is 13.5 Å². The van der Waals surface area contributed by atoms with Crippen LogP contribution in [-0.4, -0.2) is 16.5 Å². The van der Waals surface area contributed by atoms with Crippen molar-refractivity contribution in [3.05, 3.63) is 72.0 Å². The van der Waals surface area contributed by atoms with Gasteiger partial charge in [-0.25, -0.2) is 0 Å². The molecule has 0 amide bonds. The van der Waals surface area contributed by atoms with E-state index in [-0.39, 0.29) is 0 Å². The normalized spacial score (nSPS) is 12.0. The van der Waals surface area contributed by atoms with Crippen molar-refractivity contribution in [2.75, 3.05) is 7.11 Å². The van der Waals surface area contributed by atoms with E-state index >= 15 is 0 Å². The van der Waals surface area contributed by atoms with Gasteiger partial charge in [0.25, 0.3) is 0 Å². The fraction of sp³-hybridized carbons (Fsp3) is 0.167. The van der Waals surface area contributed by atoms with Crippen LogP contribution in [0.25, 0.3) is 11.3 Å². The number of benzene rings is 2. The molecule has 1 aromatic heterocycles. The van der Waals surface area contributed by atoms with Crippen LogP contribution in [0.2, 0.25) is 0 Å². The second-order valence-electron chi connectivity index (χ2n) is 5.12. The van der Waals surface area contributed by atoms with Gasteiger partial charge in [0, 0.05) is 28.2 Å². The van der Waals surface area contributed by atoms with Gasteiger partial charge >= 0.3 is 0 Å². The van der Waals surface area contributed by atoms with Gasteiger partial charge in [-0.15, -0.1) is 0 Å². The molecule has 0 fully saturated rings. The van der Waals surface area contributed by atoms with Crippen LogP contribution in [0.15, 0.2) is 65.2 Å². The van der Waals surface area contributed by atoms with Gasteiger partial charge in [-0.2, -0.15) is 0 Å². The highest BCUT2D eigenvalue weighted by Gasteiger charge is 2.10. The zero-order valence-electron chi connectivity index (χ0n) is 12.8. The molecule has 0 aliphatic heterocycles. The summed E-state index contributed by atoms with van der Waals surface area (Å²) < 4.78 is 22.8. The Labute approximate surface area is 137 Å². The topological polar surface area (TPSA) is 52.3 Å². The predicted octanol–water partition coefficient (Wildman–Crippen LogP) is 3.80. The van der Waals surface area contributed by atoms with Crippen LogP contribution < -0.4 is 4.74 Å². The smallest absolute Gasteiger partial charge is 0.149 e. The number of ether oxygens (including phenoxy) is 1. The van der Waals surface area contributed by atoms with Gasteiger partial charge in [0.2, 0.25) is 0 Å². The van der Waals surface area contributed by atoms with Gasteiger partial charge in [0.1, 0.15) is 17.2 Å². The third kappa shape index (κ3) is 4.07. The number of aromatic nitrogens is 1. The average molecular weight is 327 g/mol. The third-order valence-electron chi connectivity index (χ3n) is 3.39. The maximum Gasteiger partial charge on any atom is 0.149 e. The standard InChI is InChI=1S/C18H17NO3S/c1-21-16-9-5-6-14(10-16)12-23(20)13-17-11-18(19-22-17)15-7-3-2-4-8-15/h2-11H,12-13H2,1H3/t23-/m1/s1. The lowest BCUT2D eigenvalue weighted by Crippen LogP contribution is -1.99. The Balaban J connectivity index is 1.65. The van der Waals surface area contributed by atoms with E-state index < -0.39 is 10.8 Å². The molecular formula is C18H17NO3S. The average Bonchev–Trinajstić information content (AvgIpc) is 3.04. The van der Waals surface area contributed by atoms with Crippen molar-refractivity contribution in [1.29, 1.82) is 0 Å². The molecule has 0 N–H and O–H groups in total. The van der Waals surface area contributed by atoms with Crippen molar-refractivity contribution in [3.8, 4) is 17.0 Å². The van der Waals surface area contributed by atoms with Crippen molar-refractivity contribution in [3.63, 3.8) is 0 Å². The molecule has 0 bridgehead atoms.